The molecule has 0 atom stereocenters. The van der Waals surface area contributed by atoms with Crippen LogP contribution in [0.15, 0.2) is 21.8 Å². The molecule has 2 nitrogen and oxygen atoms in total. The average Bonchev–Trinajstić information content (AvgIpc) is 2.87. The van der Waals surface area contributed by atoms with Crippen molar-refractivity contribution in [3.8, 4) is 5.75 Å². The summed E-state index contributed by atoms with van der Waals surface area (Å²) in [5, 5.41) is 0.991. The standard InChI is InChI=1S/C9H10BrNOS/c1-13-9-5-7(4-8(10)11-9)12-6-2-3-6/h4-6H,2-3H2,1H3. The lowest BCUT2D eigenvalue weighted by Crippen LogP contribution is -1.96. The van der Waals surface area contributed by atoms with E-state index in [0.717, 1.165) is 15.4 Å². The third kappa shape index (κ3) is 2.61. The second kappa shape index (κ2) is 3.88. The van der Waals surface area contributed by atoms with Crippen LogP contribution in [0.5, 0.6) is 5.75 Å². The van der Waals surface area contributed by atoms with E-state index in [1.165, 1.54) is 12.8 Å². The summed E-state index contributed by atoms with van der Waals surface area (Å²) >= 11 is 4.98. The second-order valence-corrected chi connectivity index (χ2v) is 4.62. The fourth-order valence-electron chi connectivity index (χ4n) is 1.00. The van der Waals surface area contributed by atoms with Crippen molar-refractivity contribution in [3.63, 3.8) is 0 Å². The molecule has 1 saturated carbocycles. The number of pyridine rings is 1. The van der Waals surface area contributed by atoms with Crippen LogP contribution < -0.4 is 4.74 Å². The van der Waals surface area contributed by atoms with E-state index < -0.39 is 0 Å². The van der Waals surface area contributed by atoms with Crippen LogP contribution in [0.4, 0.5) is 0 Å². The molecule has 13 heavy (non-hydrogen) atoms. The topological polar surface area (TPSA) is 22.1 Å². The van der Waals surface area contributed by atoms with Crippen molar-refractivity contribution in [2.45, 2.75) is 24.0 Å². The van der Waals surface area contributed by atoms with Crippen LogP contribution >= 0.6 is 27.7 Å². The first-order valence-electron chi connectivity index (χ1n) is 4.16. The van der Waals surface area contributed by atoms with Crippen LogP contribution in [-0.2, 0) is 0 Å². The summed E-state index contributed by atoms with van der Waals surface area (Å²) < 4.78 is 6.51. The zero-order valence-corrected chi connectivity index (χ0v) is 9.69. The minimum atomic E-state index is 0.448. The van der Waals surface area contributed by atoms with Crippen molar-refractivity contribution in [2.75, 3.05) is 6.26 Å². The highest BCUT2D eigenvalue weighted by atomic mass is 79.9. The quantitative estimate of drug-likeness (QED) is 0.615. The van der Waals surface area contributed by atoms with Crippen LogP contribution in [-0.4, -0.2) is 17.3 Å². The first-order chi connectivity index (χ1) is 6.28. The molecule has 2 rings (SSSR count). The van der Waals surface area contributed by atoms with Gasteiger partial charge in [0.15, 0.2) is 0 Å². The summed E-state index contributed by atoms with van der Waals surface area (Å²) in [5.74, 6) is 0.925. The third-order valence-electron chi connectivity index (χ3n) is 1.78. The maximum Gasteiger partial charge on any atom is 0.125 e. The minimum Gasteiger partial charge on any atom is -0.490 e. The van der Waals surface area contributed by atoms with Gasteiger partial charge in [0.2, 0.25) is 0 Å². The van der Waals surface area contributed by atoms with Crippen molar-refractivity contribution < 1.29 is 4.74 Å². The number of hydrogen-bond donors (Lipinski definition) is 0. The summed E-state index contributed by atoms with van der Waals surface area (Å²) in [7, 11) is 0. The number of ether oxygens (including phenoxy) is 1. The van der Waals surface area contributed by atoms with Crippen LogP contribution in [0, 0.1) is 0 Å². The minimum absolute atomic E-state index is 0.448. The predicted octanol–water partition coefficient (Wildman–Crippen LogP) is 3.11. The Labute approximate surface area is 90.2 Å². The Hall–Kier alpha value is -0.220. The molecule has 0 radical (unpaired) electrons. The molecule has 0 N–H and O–H groups in total. The van der Waals surface area contributed by atoms with Crippen LogP contribution in [0.3, 0.4) is 0 Å². The monoisotopic (exact) mass is 259 g/mol. The zero-order valence-electron chi connectivity index (χ0n) is 7.29. The van der Waals surface area contributed by atoms with Crippen molar-refractivity contribution in [2.24, 2.45) is 0 Å². The number of aromatic nitrogens is 1. The maximum absolute atomic E-state index is 5.67. The molecule has 0 spiro atoms. The summed E-state index contributed by atoms with van der Waals surface area (Å²) in [4.78, 5) is 4.28. The van der Waals surface area contributed by atoms with Gasteiger partial charge in [0.05, 0.1) is 6.10 Å². The first-order valence-corrected chi connectivity index (χ1v) is 6.18. The highest BCUT2D eigenvalue weighted by molar-refractivity contribution is 9.10. The van der Waals surface area contributed by atoms with Gasteiger partial charge in [-0.3, -0.25) is 0 Å². The van der Waals surface area contributed by atoms with Crippen molar-refractivity contribution in [3.05, 3.63) is 16.7 Å². The molecule has 1 aliphatic carbocycles. The van der Waals surface area contributed by atoms with E-state index >= 15 is 0 Å². The summed E-state index contributed by atoms with van der Waals surface area (Å²) in [6, 6.07) is 3.89. The van der Waals surface area contributed by atoms with E-state index in [-0.39, 0.29) is 0 Å². The summed E-state index contributed by atoms with van der Waals surface area (Å²) in [5.41, 5.74) is 0. The molecule has 0 saturated heterocycles. The lowest BCUT2D eigenvalue weighted by atomic mass is 10.4. The van der Waals surface area contributed by atoms with Gasteiger partial charge in [0.25, 0.3) is 0 Å². The number of hydrogen-bond acceptors (Lipinski definition) is 3. The van der Waals surface area contributed by atoms with E-state index in [2.05, 4.69) is 20.9 Å². The molecular weight excluding hydrogens is 250 g/mol. The average molecular weight is 260 g/mol. The Morgan fingerprint density at radius 3 is 2.92 bits per heavy atom. The van der Waals surface area contributed by atoms with Gasteiger partial charge in [0.1, 0.15) is 15.4 Å². The van der Waals surface area contributed by atoms with Gasteiger partial charge in [-0.25, -0.2) is 4.98 Å². The zero-order chi connectivity index (χ0) is 9.26. The molecule has 0 bridgehead atoms. The molecule has 4 heteroatoms. The Balaban J connectivity index is 2.17. The molecule has 1 aromatic rings. The Morgan fingerprint density at radius 2 is 2.31 bits per heavy atom. The number of rotatable bonds is 3. The second-order valence-electron chi connectivity index (χ2n) is 2.99. The fraction of sp³-hybridized carbons (Fsp3) is 0.444. The highest BCUT2D eigenvalue weighted by Gasteiger charge is 2.23. The van der Waals surface area contributed by atoms with Gasteiger partial charge in [0, 0.05) is 12.1 Å². The molecule has 0 aliphatic heterocycles. The smallest absolute Gasteiger partial charge is 0.125 e. The van der Waals surface area contributed by atoms with Gasteiger partial charge >= 0.3 is 0 Å². The fourth-order valence-corrected chi connectivity index (χ4v) is 1.96. The van der Waals surface area contributed by atoms with Crippen molar-refractivity contribution >= 4 is 27.7 Å². The van der Waals surface area contributed by atoms with Crippen LogP contribution in [0.1, 0.15) is 12.8 Å². The van der Waals surface area contributed by atoms with Gasteiger partial charge < -0.3 is 4.74 Å². The number of nitrogens with zero attached hydrogens (tertiary/aromatic N) is 1. The summed E-state index contributed by atoms with van der Waals surface area (Å²) in [6.45, 7) is 0. The molecule has 0 unspecified atom stereocenters. The van der Waals surface area contributed by atoms with Crippen molar-refractivity contribution in [1.29, 1.82) is 0 Å². The van der Waals surface area contributed by atoms with Crippen LogP contribution in [0.25, 0.3) is 0 Å². The van der Waals surface area contributed by atoms with Crippen molar-refractivity contribution in [1.82, 2.24) is 4.98 Å². The Morgan fingerprint density at radius 1 is 1.54 bits per heavy atom. The van der Waals surface area contributed by atoms with Gasteiger partial charge in [-0.15, -0.1) is 11.8 Å². The highest BCUT2D eigenvalue weighted by Crippen LogP contribution is 2.30. The SMILES string of the molecule is CSc1cc(OC2CC2)cc(Br)n1. The van der Waals surface area contributed by atoms with E-state index in [1.54, 1.807) is 11.8 Å². The third-order valence-corrected chi connectivity index (χ3v) is 2.81. The maximum atomic E-state index is 5.67. The lowest BCUT2D eigenvalue weighted by molar-refractivity contribution is 0.301. The van der Waals surface area contributed by atoms with E-state index in [0.29, 0.717) is 6.10 Å². The number of halogens is 1. The largest absolute Gasteiger partial charge is 0.490 e. The molecule has 0 amide bonds. The summed E-state index contributed by atoms with van der Waals surface area (Å²) in [6.07, 6.45) is 4.84. The van der Waals surface area contributed by atoms with E-state index in [9.17, 15) is 0 Å². The molecule has 1 fully saturated rings. The molecule has 70 valence electrons. The predicted molar refractivity (Wildman–Crippen MR) is 57.4 cm³/mol. The lowest BCUT2D eigenvalue weighted by Gasteiger charge is -2.05. The van der Waals surface area contributed by atoms with E-state index in [1.807, 2.05) is 18.4 Å². The Bertz CT molecular complexity index is 314. The number of thioether (sulfide) groups is 1. The molecule has 0 aromatic carbocycles. The van der Waals surface area contributed by atoms with E-state index in [4.69, 9.17) is 4.74 Å². The van der Waals surface area contributed by atoms with Gasteiger partial charge in [-0.2, -0.15) is 0 Å². The van der Waals surface area contributed by atoms with Gasteiger partial charge in [-0.05, 0) is 35.0 Å². The molecule has 1 aliphatic rings. The molecule has 1 heterocycles. The molecular formula is C9H10BrNOS. The van der Waals surface area contributed by atoms with Gasteiger partial charge in [-0.1, -0.05) is 0 Å². The normalized spacial score (nSPS) is 15.8. The first kappa shape index (κ1) is 9.34. The van der Waals surface area contributed by atoms with Crippen LogP contribution in [0.2, 0.25) is 0 Å². The Kier molecular flexibility index (Phi) is 2.79. The molecule has 1 aromatic heterocycles.